The number of hydrogen-bond donors (Lipinski definition) is 1. The number of hydrogen-bond acceptors (Lipinski definition) is 4. The minimum absolute atomic E-state index is 0.161. The summed E-state index contributed by atoms with van der Waals surface area (Å²) in [6, 6.07) is 4.87. The molecule has 2 rings (SSSR count). The lowest BCUT2D eigenvalue weighted by molar-refractivity contribution is 0.303. The summed E-state index contributed by atoms with van der Waals surface area (Å²) in [7, 11) is 0. The maximum atomic E-state index is 6.10. The number of nitrogens with zero attached hydrogens (tertiary/aromatic N) is 2. The Hall–Kier alpha value is -1.10. The van der Waals surface area contributed by atoms with Crippen molar-refractivity contribution in [3.63, 3.8) is 0 Å². The average Bonchev–Trinajstić information content (AvgIpc) is 2.75. The van der Waals surface area contributed by atoms with Crippen molar-refractivity contribution >= 4 is 23.2 Å². The third-order valence-corrected chi connectivity index (χ3v) is 3.46. The van der Waals surface area contributed by atoms with Crippen molar-refractivity contribution in [3.8, 4) is 11.5 Å². The second-order valence-corrected chi connectivity index (χ2v) is 6.21. The first-order chi connectivity index (χ1) is 8.80. The van der Waals surface area contributed by atoms with E-state index in [9.17, 15) is 0 Å². The number of nitrogens with two attached hydrogens (primary N) is 1. The fourth-order valence-electron chi connectivity index (χ4n) is 1.55. The van der Waals surface area contributed by atoms with Crippen LogP contribution in [0.3, 0.4) is 0 Å². The van der Waals surface area contributed by atoms with Crippen LogP contribution in [0.4, 0.5) is 0 Å². The van der Waals surface area contributed by atoms with Gasteiger partial charge in [-0.15, -0.1) is 0 Å². The molecule has 0 bridgehead atoms. The molecule has 2 aromatic rings. The van der Waals surface area contributed by atoms with Crippen LogP contribution in [-0.4, -0.2) is 10.1 Å². The number of rotatable bonds is 2. The predicted molar refractivity (Wildman–Crippen MR) is 76.1 cm³/mol. The van der Waals surface area contributed by atoms with Crippen LogP contribution in [0.15, 0.2) is 22.7 Å². The van der Waals surface area contributed by atoms with E-state index in [1.807, 2.05) is 20.8 Å². The highest BCUT2D eigenvalue weighted by atomic mass is 35.5. The van der Waals surface area contributed by atoms with Gasteiger partial charge in [-0.2, -0.15) is 4.98 Å². The Labute approximate surface area is 121 Å². The van der Waals surface area contributed by atoms with Crippen LogP contribution in [0.1, 0.15) is 32.6 Å². The zero-order valence-electron chi connectivity index (χ0n) is 10.9. The third-order valence-electron chi connectivity index (χ3n) is 2.83. The normalized spacial score (nSPS) is 13.6. The van der Waals surface area contributed by atoms with Gasteiger partial charge in [0.25, 0.3) is 5.89 Å². The molecule has 1 aromatic carbocycles. The van der Waals surface area contributed by atoms with Gasteiger partial charge in [0.1, 0.15) is 0 Å². The molecule has 0 amide bonds. The molecule has 4 nitrogen and oxygen atoms in total. The van der Waals surface area contributed by atoms with E-state index in [4.69, 9.17) is 33.5 Å². The van der Waals surface area contributed by atoms with Crippen molar-refractivity contribution in [2.75, 3.05) is 0 Å². The van der Waals surface area contributed by atoms with Gasteiger partial charge < -0.3 is 10.3 Å². The molecule has 1 unspecified atom stereocenters. The van der Waals surface area contributed by atoms with E-state index < -0.39 is 0 Å². The fraction of sp³-hybridized carbons (Fsp3) is 0.385. The van der Waals surface area contributed by atoms with Gasteiger partial charge >= 0.3 is 0 Å². The Kier molecular flexibility index (Phi) is 3.85. The Balaban J connectivity index is 2.42. The minimum atomic E-state index is -0.328. The van der Waals surface area contributed by atoms with Crippen molar-refractivity contribution in [1.82, 2.24) is 10.1 Å². The summed E-state index contributed by atoms with van der Waals surface area (Å²) < 4.78 is 5.22. The maximum Gasteiger partial charge on any atom is 0.261 e. The molecule has 0 aliphatic heterocycles. The predicted octanol–water partition coefficient (Wildman–Crippen LogP) is 4.09. The Morgan fingerprint density at radius 3 is 2.32 bits per heavy atom. The van der Waals surface area contributed by atoms with E-state index in [1.165, 1.54) is 0 Å². The molecule has 0 radical (unpaired) electrons. The highest BCUT2D eigenvalue weighted by Gasteiger charge is 2.27. The van der Waals surface area contributed by atoms with Crippen molar-refractivity contribution in [3.05, 3.63) is 34.1 Å². The van der Waals surface area contributed by atoms with Gasteiger partial charge in [-0.1, -0.05) is 55.2 Å². The van der Waals surface area contributed by atoms with Crippen LogP contribution in [0.5, 0.6) is 0 Å². The highest BCUT2D eigenvalue weighted by Crippen LogP contribution is 2.35. The van der Waals surface area contributed by atoms with Crippen molar-refractivity contribution in [2.45, 2.75) is 26.8 Å². The lowest BCUT2D eigenvalue weighted by atomic mass is 9.87. The SMILES string of the molecule is CC(C)(C)C(N)c1noc(-c2c(Cl)cccc2Cl)n1. The largest absolute Gasteiger partial charge is 0.334 e. The first-order valence-electron chi connectivity index (χ1n) is 5.84. The lowest BCUT2D eigenvalue weighted by Crippen LogP contribution is -2.27. The van der Waals surface area contributed by atoms with Gasteiger partial charge in [0.05, 0.1) is 21.7 Å². The lowest BCUT2D eigenvalue weighted by Gasteiger charge is -2.23. The van der Waals surface area contributed by atoms with E-state index in [-0.39, 0.29) is 17.3 Å². The van der Waals surface area contributed by atoms with Crippen LogP contribution in [0.25, 0.3) is 11.5 Å². The highest BCUT2D eigenvalue weighted by molar-refractivity contribution is 6.38. The standard InChI is InChI=1S/C13H15Cl2N3O/c1-13(2,3)10(16)11-17-12(19-18-11)9-7(14)5-4-6-8(9)15/h4-6,10H,16H2,1-3H3. The molecule has 0 fully saturated rings. The minimum Gasteiger partial charge on any atom is -0.334 e. The third kappa shape index (κ3) is 2.91. The first kappa shape index (κ1) is 14.3. The number of benzene rings is 1. The molecule has 0 aliphatic rings. The molecule has 1 atom stereocenters. The van der Waals surface area contributed by atoms with E-state index in [0.717, 1.165) is 0 Å². The zero-order chi connectivity index (χ0) is 14.2. The summed E-state index contributed by atoms with van der Waals surface area (Å²) in [6.07, 6.45) is 0. The van der Waals surface area contributed by atoms with Gasteiger partial charge in [-0.05, 0) is 17.5 Å². The van der Waals surface area contributed by atoms with Crippen LogP contribution < -0.4 is 5.73 Å². The molecule has 0 saturated heterocycles. The number of aromatic nitrogens is 2. The Morgan fingerprint density at radius 2 is 1.79 bits per heavy atom. The first-order valence-corrected chi connectivity index (χ1v) is 6.60. The van der Waals surface area contributed by atoms with Gasteiger partial charge in [0.15, 0.2) is 5.82 Å². The maximum absolute atomic E-state index is 6.10. The van der Waals surface area contributed by atoms with Gasteiger partial charge in [0, 0.05) is 0 Å². The monoisotopic (exact) mass is 299 g/mol. The molecule has 1 aromatic heterocycles. The van der Waals surface area contributed by atoms with Crippen LogP contribution in [0, 0.1) is 5.41 Å². The molecule has 102 valence electrons. The van der Waals surface area contributed by atoms with Crippen LogP contribution in [-0.2, 0) is 0 Å². The fourth-order valence-corrected chi connectivity index (χ4v) is 2.11. The molecule has 0 aliphatic carbocycles. The summed E-state index contributed by atoms with van der Waals surface area (Å²) in [5.74, 6) is 0.726. The topological polar surface area (TPSA) is 64.9 Å². The van der Waals surface area contributed by atoms with Crippen molar-refractivity contribution in [1.29, 1.82) is 0 Å². The van der Waals surface area contributed by atoms with Gasteiger partial charge in [-0.25, -0.2) is 0 Å². The second kappa shape index (κ2) is 5.12. The smallest absolute Gasteiger partial charge is 0.261 e. The van der Waals surface area contributed by atoms with E-state index in [2.05, 4.69) is 10.1 Å². The summed E-state index contributed by atoms with van der Waals surface area (Å²) in [4.78, 5) is 4.30. The summed E-state index contributed by atoms with van der Waals surface area (Å²) in [6.45, 7) is 6.03. The molecule has 6 heteroatoms. The van der Waals surface area contributed by atoms with E-state index in [1.54, 1.807) is 18.2 Å². The van der Waals surface area contributed by atoms with Gasteiger partial charge in [0.2, 0.25) is 0 Å². The van der Waals surface area contributed by atoms with Gasteiger partial charge in [-0.3, -0.25) is 0 Å². The van der Waals surface area contributed by atoms with Crippen molar-refractivity contribution < 1.29 is 4.52 Å². The zero-order valence-corrected chi connectivity index (χ0v) is 12.5. The van der Waals surface area contributed by atoms with Crippen molar-refractivity contribution in [2.24, 2.45) is 11.1 Å². The van der Waals surface area contributed by atoms with Crippen LogP contribution in [0.2, 0.25) is 10.0 Å². The summed E-state index contributed by atoms with van der Waals surface area (Å²) in [5, 5.41) is 4.84. The molecular formula is C13H15Cl2N3O. The quantitative estimate of drug-likeness (QED) is 0.907. The van der Waals surface area contributed by atoms with E-state index >= 15 is 0 Å². The Bertz CT molecular complexity index is 570. The summed E-state index contributed by atoms with van der Waals surface area (Å²) >= 11 is 12.2. The average molecular weight is 300 g/mol. The van der Waals surface area contributed by atoms with E-state index in [0.29, 0.717) is 21.4 Å². The molecule has 0 spiro atoms. The molecule has 2 N–H and O–H groups in total. The summed E-state index contributed by atoms with van der Waals surface area (Å²) in [5.41, 5.74) is 6.46. The Morgan fingerprint density at radius 1 is 1.21 bits per heavy atom. The molecule has 1 heterocycles. The van der Waals surface area contributed by atoms with Crippen LogP contribution >= 0.6 is 23.2 Å². The second-order valence-electron chi connectivity index (χ2n) is 5.40. The molecule has 19 heavy (non-hydrogen) atoms. The molecular weight excluding hydrogens is 285 g/mol. The molecule has 0 saturated carbocycles. The number of halogens is 2.